The van der Waals surface area contributed by atoms with Gasteiger partial charge < -0.3 is 9.30 Å². The van der Waals surface area contributed by atoms with Gasteiger partial charge in [-0.1, -0.05) is 91.0 Å². The first kappa shape index (κ1) is 26.4. The predicted molar refractivity (Wildman–Crippen MR) is 201 cm³/mol. The third kappa shape index (κ3) is 3.77. The number of benzene rings is 7. The summed E-state index contributed by atoms with van der Waals surface area (Å²) in [6.45, 7) is 0. The van der Waals surface area contributed by atoms with Crippen molar-refractivity contribution in [2.45, 2.75) is 0 Å². The van der Waals surface area contributed by atoms with Crippen LogP contribution in [0.4, 0.5) is 0 Å². The summed E-state index contributed by atoms with van der Waals surface area (Å²) in [4.78, 5) is 5.25. The van der Waals surface area contributed by atoms with E-state index in [2.05, 4.69) is 149 Å². The molecule has 4 nitrogen and oxygen atoms in total. The number of hydrogen-bond acceptors (Lipinski definition) is 2. The van der Waals surface area contributed by atoms with Crippen LogP contribution in [0.2, 0.25) is 0 Å². The Kier molecular flexibility index (Phi) is 5.35. The highest BCUT2D eigenvalue weighted by Gasteiger charge is 2.23. The van der Waals surface area contributed by atoms with Gasteiger partial charge in [-0.3, -0.25) is 4.57 Å². The van der Waals surface area contributed by atoms with Crippen LogP contribution in [0.15, 0.2) is 164 Å². The lowest BCUT2D eigenvalue weighted by Gasteiger charge is -2.22. The minimum absolute atomic E-state index is 0.848. The highest BCUT2D eigenvalue weighted by molar-refractivity contribution is 6.13. The molecule has 0 radical (unpaired) electrons. The molecule has 1 aliphatic heterocycles. The molecule has 0 aliphatic carbocycles. The van der Waals surface area contributed by atoms with Crippen molar-refractivity contribution in [3.63, 3.8) is 0 Å². The summed E-state index contributed by atoms with van der Waals surface area (Å²) < 4.78 is 11.0. The van der Waals surface area contributed by atoms with E-state index in [-0.39, 0.29) is 0 Å². The Balaban J connectivity index is 1.12. The molecule has 0 saturated heterocycles. The maximum absolute atomic E-state index is 6.30. The van der Waals surface area contributed by atoms with Gasteiger partial charge in [0.15, 0.2) is 0 Å². The molecular formula is C45H27N3O. The summed E-state index contributed by atoms with van der Waals surface area (Å²) in [6.07, 6.45) is 0. The van der Waals surface area contributed by atoms with Crippen LogP contribution in [-0.2, 0) is 0 Å². The fourth-order valence-corrected chi connectivity index (χ4v) is 7.96. The molecule has 4 heteroatoms. The highest BCUT2D eigenvalue weighted by atomic mass is 16.5. The van der Waals surface area contributed by atoms with Crippen molar-refractivity contribution in [3.8, 4) is 45.3 Å². The number of hydrogen-bond donors (Lipinski definition) is 0. The van der Waals surface area contributed by atoms with Crippen molar-refractivity contribution < 1.29 is 4.74 Å². The molecule has 0 unspecified atom stereocenters. The third-order valence-corrected chi connectivity index (χ3v) is 10.1. The predicted octanol–water partition coefficient (Wildman–Crippen LogP) is 11.9. The van der Waals surface area contributed by atoms with Gasteiger partial charge >= 0.3 is 0 Å². The normalized spacial score (nSPS) is 12.2. The molecule has 228 valence electrons. The maximum Gasteiger partial charge on any atom is 0.138 e. The molecule has 49 heavy (non-hydrogen) atoms. The number of pyridine rings is 1. The van der Waals surface area contributed by atoms with Gasteiger partial charge in [0.2, 0.25) is 0 Å². The van der Waals surface area contributed by atoms with Crippen molar-refractivity contribution in [1.82, 2.24) is 14.1 Å². The summed E-state index contributed by atoms with van der Waals surface area (Å²) >= 11 is 0. The van der Waals surface area contributed by atoms with Crippen molar-refractivity contribution >= 4 is 54.5 Å². The molecule has 4 heterocycles. The van der Waals surface area contributed by atoms with Crippen LogP contribution in [-0.4, -0.2) is 14.1 Å². The zero-order chi connectivity index (χ0) is 32.1. The number of rotatable bonds is 3. The van der Waals surface area contributed by atoms with Crippen LogP contribution in [0.1, 0.15) is 0 Å². The fourth-order valence-electron chi connectivity index (χ4n) is 7.96. The van der Waals surface area contributed by atoms with Crippen LogP contribution < -0.4 is 4.74 Å². The summed E-state index contributed by atoms with van der Waals surface area (Å²) in [5, 5.41) is 5.96. The lowest BCUT2D eigenvalue weighted by Crippen LogP contribution is -2.03. The van der Waals surface area contributed by atoms with E-state index in [4.69, 9.17) is 9.72 Å². The average Bonchev–Trinajstić information content (AvgIpc) is 3.67. The van der Waals surface area contributed by atoms with Crippen LogP contribution in [0.25, 0.3) is 88.3 Å². The topological polar surface area (TPSA) is 32.0 Å². The van der Waals surface area contributed by atoms with Gasteiger partial charge in [-0.2, -0.15) is 0 Å². The zero-order valence-corrected chi connectivity index (χ0v) is 26.3. The molecule has 0 spiro atoms. The monoisotopic (exact) mass is 625 g/mol. The molecule has 11 rings (SSSR count). The molecule has 1 aliphatic rings. The molecule has 0 amide bonds. The first-order valence-corrected chi connectivity index (χ1v) is 16.6. The zero-order valence-electron chi connectivity index (χ0n) is 26.3. The minimum Gasteiger partial charge on any atom is -0.456 e. The van der Waals surface area contributed by atoms with Gasteiger partial charge in [0.25, 0.3) is 0 Å². The second-order valence-electron chi connectivity index (χ2n) is 12.8. The number of nitrogens with zero attached hydrogens (tertiary/aromatic N) is 3. The summed E-state index contributed by atoms with van der Waals surface area (Å²) in [5.74, 6) is 2.61. The van der Waals surface area contributed by atoms with Gasteiger partial charge in [-0.15, -0.1) is 0 Å². The van der Waals surface area contributed by atoms with Crippen LogP contribution >= 0.6 is 0 Å². The quantitative estimate of drug-likeness (QED) is 0.196. The standard InChI is InChI=1S/C45H27N3O/c1-2-11-30(12-3-1)47-38-17-7-4-13-31(38)34-25-28(21-23-40(34)47)29-22-24-41-35(26-29)32-14-5-8-18-39(32)48(41)44-27-36-33-15-6-9-19-42(33)49-43-20-10-16-37(46-44)45(36)43/h1-27H. The Morgan fingerprint density at radius 1 is 0.408 bits per heavy atom. The van der Waals surface area contributed by atoms with Crippen molar-refractivity contribution in [2.24, 2.45) is 0 Å². The summed E-state index contributed by atoms with van der Waals surface area (Å²) in [5.41, 5.74) is 11.4. The molecule has 10 aromatic rings. The lowest BCUT2D eigenvalue weighted by atomic mass is 9.97. The van der Waals surface area contributed by atoms with E-state index in [0.717, 1.165) is 50.4 Å². The molecular weight excluding hydrogens is 599 g/mol. The largest absolute Gasteiger partial charge is 0.456 e. The second kappa shape index (κ2) is 9.93. The van der Waals surface area contributed by atoms with E-state index in [9.17, 15) is 0 Å². The molecule has 0 fully saturated rings. The maximum atomic E-state index is 6.30. The van der Waals surface area contributed by atoms with Gasteiger partial charge in [0.1, 0.15) is 17.3 Å². The Hall–Kier alpha value is -6.65. The lowest BCUT2D eigenvalue weighted by molar-refractivity contribution is 0.487. The van der Waals surface area contributed by atoms with Crippen LogP contribution in [0.3, 0.4) is 0 Å². The van der Waals surface area contributed by atoms with E-state index in [0.29, 0.717) is 0 Å². The van der Waals surface area contributed by atoms with Crippen LogP contribution in [0.5, 0.6) is 11.5 Å². The Morgan fingerprint density at radius 2 is 1.00 bits per heavy atom. The molecule has 7 aromatic carbocycles. The van der Waals surface area contributed by atoms with E-state index < -0.39 is 0 Å². The number of aromatic nitrogens is 3. The van der Waals surface area contributed by atoms with E-state index in [1.165, 1.54) is 49.4 Å². The van der Waals surface area contributed by atoms with Crippen LogP contribution in [0, 0.1) is 0 Å². The number of fused-ring (bicyclic) bond motifs is 8. The van der Waals surface area contributed by atoms with Gasteiger partial charge in [0.05, 0.1) is 33.0 Å². The first-order chi connectivity index (χ1) is 24.3. The number of ether oxygens (including phenoxy) is 1. The Labute approximate surface area is 281 Å². The highest BCUT2D eigenvalue weighted by Crippen LogP contribution is 2.47. The summed E-state index contributed by atoms with van der Waals surface area (Å²) in [6, 6.07) is 58.3. The van der Waals surface area contributed by atoms with Gasteiger partial charge in [-0.25, -0.2) is 4.98 Å². The van der Waals surface area contributed by atoms with Crippen molar-refractivity contribution in [3.05, 3.63) is 164 Å². The van der Waals surface area contributed by atoms with E-state index in [1.807, 2.05) is 24.3 Å². The summed E-state index contributed by atoms with van der Waals surface area (Å²) in [7, 11) is 0. The second-order valence-corrected chi connectivity index (χ2v) is 12.8. The Bertz CT molecular complexity index is 2970. The van der Waals surface area contributed by atoms with Gasteiger partial charge in [-0.05, 0) is 83.9 Å². The minimum atomic E-state index is 0.848. The first-order valence-electron chi connectivity index (χ1n) is 16.6. The van der Waals surface area contributed by atoms with E-state index >= 15 is 0 Å². The molecule has 3 aromatic heterocycles. The van der Waals surface area contributed by atoms with Crippen molar-refractivity contribution in [1.29, 1.82) is 0 Å². The SMILES string of the molecule is c1ccc(-n2c3ccccc3c3cc(-c4ccc5c(c4)c4ccccc4n5-c4cc5c6c(cccc6n4)Oc4ccccc4-5)ccc32)cc1. The van der Waals surface area contributed by atoms with E-state index in [1.54, 1.807) is 0 Å². The van der Waals surface area contributed by atoms with Crippen molar-refractivity contribution in [2.75, 3.05) is 0 Å². The Morgan fingerprint density at radius 3 is 1.76 bits per heavy atom. The molecule has 0 atom stereocenters. The molecule has 0 saturated carbocycles. The average molecular weight is 626 g/mol. The number of para-hydroxylation sites is 4. The fraction of sp³-hybridized carbons (Fsp3) is 0. The molecule has 0 N–H and O–H groups in total. The third-order valence-electron chi connectivity index (χ3n) is 10.1. The molecule has 0 bridgehead atoms. The van der Waals surface area contributed by atoms with Gasteiger partial charge in [0, 0.05) is 38.4 Å². The smallest absolute Gasteiger partial charge is 0.138 e.